The third kappa shape index (κ3) is 3.42. The maximum absolute atomic E-state index is 12.2. The number of nitrogens with two attached hydrogens (primary N) is 1. The van der Waals surface area contributed by atoms with E-state index in [1.165, 1.54) is 0 Å². The first-order valence-corrected chi connectivity index (χ1v) is 7.56. The molecule has 3 rings (SSSR count). The van der Waals surface area contributed by atoms with Crippen LogP contribution in [0.5, 0.6) is 0 Å². The number of carbonyl (C=O) groups is 2. The number of fused-ring (bicyclic) bond motifs is 1. The van der Waals surface area contributed by atoms with E-state index in [4.69, 9.17) is 5.73 Å². The van der Waals surface area contributed by atoms with Gasteiger partial charge >= 0.3 is 6.03 Å². The molecule has 0 aromatic heterocycles. The summed E-state index contributed by atoms with van der Waals surface area (Å²) in [6, 6.07) is 19.9. The lowest BCUT2D eigenvalue weighted by Gasteiger charge is -2.10. The standard InChI is InChI=1S/C19H17N3O2/c20-12-18(23)14-7-3-8-15(11-14)21-19(24)22-17-10-4-6-13-5-1-2-9-16(13)17/h1-11H,12,20H2,(H2,21,22,24). The zero-order valence-electron chi connectivity index (χ0n) is 13.0. The molecular weight excluding hydrogens is 302 g/mol. The third-order valence-electron chi connectivity index (χ3n) is 3.67. The summed E-state index contributed by atoms with van der Waals surface area (Å²) in [6.45, 7) is -0.0638. The highest BCUT2D eigenvalue weighted by atomic mass is 16.2. The molecule has 0 spiro atoms. The summed E-state index contributed by atoms with van der Waals surface area (Å²) in [4.78, 5) is 23.9. The number of carbonyl (C=O) groups excluding carboxylic acids is 2. The molecule has 0 saturated heterocycles. The Labute approximate surface area is 139 Å². The molecule has 5 heteroatoms. The SMILES string of the molecule is NCC(=O)c1cccc(NC(=O)Nc2cccc3ccccc23)c1. The first kappa shape index (κ1) is 15.7. The van der Waals surface area contributed by atoms with Crippen LogP contribution in [0, 0.1) is 0 Å². The van der Waals surface area contributed by atoms with Crippen LogP contribution in [0.3, 0.4) is 0 Å². The van der Waals surface area contributed by atoms with Crippen molar-refractivity contribution in [2.24, 2.45) is 5.73 Å². The maximum Gasteiger partial charge on any atom is 0.323 e. The normalized spacial score (nSPS) is 10.4. The van der Waals surface area contributed by atoms with Gasteiger partial charge < -0.3 is 16.4 Å². The number of Topliss-reactive ketones (excluding diaryl/α,β-unsaturated/α-hetero) is 1. The molecule has 0 aliphatic carbocycles. The van der Waals surface area contributed by atoms with Crippen molar-refractivity contribution >= 4 is 34.0 Å². The highest BCUT2D eigenvalue weighted by molar-refractivity contribution is 6.06. The summed E-state index contributed by atoms with van der Waals surface area (Å²) >= 11 is 0. The van der Waals surface area contributed by atoms with E-state index < -0.39 is 0 Å². The number of rotatable bonds is 4. The van der Waals surface area contributed by atoms with Gasteiger partial charge in [-0.25, -0.2) is 4.79 Å². The van der Waals surface area contributed by atoms with E-state index >= 15 is 0 Å². The van der Waals surface area contributed by atoms with Gasteiger partial charge in [0.05, 0.1) is 12.2 Å². The number of nitrogens with one attached hydrogen (secondary N) is 2. The molecule has 0 bridgehead atoms. The number of hydrogen-bond donors (Lipinski definition) is 3. The lowest BCUT2D eigenvalue weighted by atomic mass is 10.1. The molecule has 0 unspecified atom stereocenters. The monoisotopic (exact) mass is 319 g/mol. The molecule has 0 fully saturated rings. The maximum atomic E-state index is 12.2. The van der Waals surface area contributed by atoms with E-state index in [1.807, 2.05) is 42.5 Å². The molecule has 0 atom stereocenters. The van der Waals surface area contributed by atoms with Crippen LogP contribution in [0.1, 0.15) is 10.4 Å². The van der Waals surface area contributed by atoms with Gasteiger partial charge in [-0.3, -0.25) is 4.79 Å². The Bertz CT molecular complexity index is 901. The van der Waals surface area contributed by atoms with Crippen LogP contribution in [0.4, 0.5) is 16.2 Å². The van der Waals surface area contributed by atoms with E-state index in [-0.39, 0.29) is 18.4 Å². The van der Waals surface area contributed by atoms with Crippen LogP contribution in [-0.2, 0) is 0 Å². The fourth-order valence-electron chi connectivity index (χ4n) is 2.51. The van der Waals surface area contributed by atoms with Gasteiger partial charge in [-0.1, -0.05) is 48.5 Å². The summed E-state index contributed by atoms with van der Waals surface area (Å²) in [7, 11) is 0. The average Bonchev–Trinajstić information content (AvgIpc) is 2.61. The Kier molecular flexibility index (Phi) is 4.54. The van der Waals surface area contributed by atoms with Crippen LogP contribution in [-0.4, -0.2) is 18.4 Å². The van der Waals surface area contributed by atoms with Gasteiger partial charge in [0.2, 0.25) is 0 Å². The molecule has 0 aliphatic heterocycles. The Balaban J connectivity index is 1.77. The van der Waals surface area contributed by atoms with Gasteiger partial charge in [0, 0.05) is 16.6 Å². The second-order valence-corrected chi connectivity index (χ2v) is 5.31. The van der Waals surface area contributed by atoms with Crippen molar-refractivity contribution in [3.05, 3.63) is 72.3 Å². The fraction of sp³-hybridized carbons (Fsp3) is 0.0526. The molecule has 3 aromatic carbocycles. The Hall–Kier alpha value is -3.18. The molecule has 0 heterocycles. The van der Waals surface area contributed by atoms with Crippen LogP contribution in [0.25, 0.3) is 10.8 Å². The molecule has 0 saturated carbocycles. The van der Waals surface area contributed by atoms with Gasteiger partial charge in [0.25, 0.3) is 0 Å². The first-order valence-electron chi connectivity index (χ1n) is 7.56. The number of urea groups is 1. The van der Waals surface area contributed by atoms with Gasteiger partial charge in [0.1, 0.15) is 0 Å². The second kappa shape index (κ2) is 6.93. The molecule has 4 N–H and O–H groups in total. The fourth-order valence-corrected chi connectivity index (χ4v) is 2.51. The number of amides is 2. The Morgan fingerprint density at radius 2 is 1.62 bits per heavy atom. The highest BCUT2D eigenvalue weighted by Crippen LogP contribution is 2.23. The van der Waals surface area contributed by atoms with E-state index in [2.05, 4.69) is 10.6 Å². The van der Waals surface area contributed by atoms with Crippen LogP contribution >= 0.6 is 0 Å². The predicted molar refractivity (Wildman–Crippen MR) is 96.4 cm³/mol. The van der Waals surface area contributed by atoms with E-state index in [9.17, 15) is 9.59 Å². The zero-order chi connectivity index (χ0) is 16.9. The number of hydrogen-bond acceptors (Lipinski definition) is 3. The molecule has 120 valence electrons. The summed E-state index contributed by atoms with van der Waals surface area (Å²) in [5.41, 5.74) is 7.09. The number of ketones is 1. The van der Waals surface area contributed by atoms with Crippen LogP contribution in [0.2, 0.25) is 0 Å². The van der Waals surface area contributed by atoms with Crippen molar-refractivity contribution in [1.29, 1.82) is 0 Å². The molecule has 3 aromatic rings. The highest BCUT2D eigenvalue weighted by Gasteiger charge is 2.08. The summed E-state index contributed by atoms with van der Waals surface area (Å²) < 4.78 is 0. The summed E-state index contributed by atoms with van der Waals surface area (Å²) in [5.74, 6) is -0.173. The van der Waals surface area contributed by atoms with Crippen LogP contribution < -0.4 is 16.4 Å². The smallest absolute Gasteiger partial charge is 0.323 e. The van der Waals surface area contributed by atoms with Crippen molar-refractivity contribution in [1.82, 2.24) is 0 Å². The van der Waals surface area contributed by atoms with E-state index in [1.54, 1.807) is 24.3 Å². The van der Waals surface area contributed by atoms with Crippen LogP contribution in [0.15, 0.2) is 66.7 Å². The minimum absolute atomic E-state index is 0.0638. The molecule has 5 nitrogen and oxygen atoms in total. The van der Waals surface area contributed by atoms with Gasteiger partial charge in [-0.15, -0.1) is 0 Å². The summed E-state index contributed by atoms with van der Waals surface area (Å²) in [6.07, 6.45) is 0. The van der Waals surface area contributed by atoms with Crippen molar-refractivity contribution < 1.29 is 9.59 Å². The molecular formula is C19H17N3O2. The van der Waals surface area contributed by atoms with Crippen molar-refractivity contribution in [3.63, 3.8) is 0 Å². The van der Waals surface area contributed by atoms with Crippen molar-refractivity contribution in [2.45, 2.75) is 0 Å². The van der Waals surface area contributed by atoms with Crippen molar-refractivity contribution in [2.75, 3.05) is 17.2 Å². The average molecular weight is 319 g/mol. The molecule has 2 amide bonds. The molecule has 0 aliphatic rings. The second-order valence-electron chi connectivity index (χ2n) is 5.31. The number of benzene rings is 3. The quantitative estimate of drug-likeness (QED) is 0.642. The zero-order valence-corrected chi connectivity index (χ0v) is 13.0. The summed E-state index contributed by atoms with van der Waals surface area (Å²) in [5, 5.41) is 7.58. The van der Waals surface area contributed by atoms with E-state index in [0.717, 1.165) is 16.5 Å². The lowest BCUT2D eigenvalue weighted by Crippen LogP contribution is -2.20. The minimum atomic E-state index is -0.372. The predicted octanol–water partition coefficient (Wildman–Crippen LogP) is 3.63. The van der Waals surface area contributed by atoms with Gasteiger partial charge in [-0.05, 0) is 23.6 Å². The van der Waals surface area contributed by atoms with Gasteiger partial charge in [-0.2, -0.15) is 0 Å². The Morgan fingerprint density at radius 1 is 0.875 bits per heavy atom. The lowest BCUT2D eigenvalue weighted by molar-refractivity contribution is 0.100. The Morgan fingerprint density at radius 3 is 2.46 bits per heavy atom. The number of anilines is 2. The minimum Gasteiger partial charge on any atom is -0.324 e. The molecule has 24 heavy (non-hydrogen) atoms. The van der Waals surface area contributed by atoms with E-state index in [0.29, 0.717) is 11.3 Å². The van der Waals surface area contributed by atoms with Gasteiger partial charge in [0.15, 0.2) is 5.78 Å². The third-order valence-corrected chi connectivity index (χ3v) is 3.67. The topological polar surface area (TPSA) is 84.2 Å². The molecule has 0 radical (unpaired) electrons. The first-order chi connectivity index (χ1) is 11.7. The van der Waals surface area contributed by atoms with Crippen molar-refractivity contribution in [3.8, 4) is 0 Å². The largest absolute Gasteiger partial charge is 0.324 e.